The number of aryl methyl sites for hydroxylation is 1. The highest BCUT2D eigenvalue weighted by Crippen LogP contribution is 2.33. The quantitative estimate of drug-likeness (QED) is 0.426. The Kier molecular flexibility index (Phi) is 6.54. The van der Waals surface area contributed by atoms with Crippen molar-refractivity contribution in [2.75, 3.05) is 31.6 Å². The molecule has 178 valence electrons. The highest BCUT2D eigenvalue weighted by Gasteiger charge is 2.32. The maximum absolute atomic E-state index is 13.0. The molecular weight excluding hydrogens is 444 g/mol. The minimum Gasteiger partial charge on any atom is -0.465 e. The number of hydrogen-bond acceptors (Lipinski definition) is 7. The first-order chi connectivity index (χ1) is 16.8. The van der Waals surface area contributed by atoms with Crippen molar-refractivity contribution in [1.29, 1.82) is 5.26 Å². The second kappa shape index (κ2) is 9.57. The van der Waals surface area contributed by atoms with Gasteiger partial charge in [0.25, 0.3) is 11.4 Å². The summed E-state index contributed by atoms with van der Waals surface area (Å²) < 4.78 is 6.27. The van der Waals surface area contributed by atoms with Gasteiger partial charge in [-0.25, -0.2) is 4.79 Å². The molecule has 0 bridgehead atoms. The summed E-state index contributed by atoms with van der Waals surface area (Å²) in [7, 11) is 2.98. The number of ether oxygens (including phenoxy) is 1. The molecule has 4 rings (SSSR count). The predicted octanol–water partition coefficient (Wildman–Crippen LogP) is 3.41. The van der Waals surface area contributed by atoms with Crippen LogP contribution in [0.4, 0.5) is 11.5 Å². The number of nitriles is 1. The van der Waals surface area contributed by atoms with E-state index in [1.165, 1.54) is 11.7 Å². The second-order valence-corrected chi connectivity index (χ2v) is 8.67. The van der Waals surface area contributed by atoms with E-state index in [1.54, 1.807) is 25.2 Å². The van der Waals surface area contributed by atoms with Crippen molar-refractivity contribution in [3.63, 3.8) is 0 Å². The number of esters is 1. The van der Waals surface area contributed by atoms with Gasteiger partial charge in [0, 0.05) is 38.8 Å². The monoisotopic (exact) mass is 470 g/mol. The summed E-state index contributed by atoms with van der Waals surface area (Å²) >= 11 is 0. The molecule has 2 aromatic heterocycles. The molecule has 35 heavy (non-hydrogen) atoms. The van der Waals surface area contributed by atoms with Crippen molar-refractivity contribution in [3.8, 4) is 6.07 Å². The summed E-state index contributed by atoms with van der Waals surface area (Å²) in [4.78, 5) is 37.2. The van der Waals surface area contributed by atoms with E-state index in [1.807, 2.05) is 23.1 Å². The Morgan fingerprint density at radius 1 is 1.31 bits per heavy atom. The summed E-state index contributed by atoms with van der Waals surface area (Å²) in [5.41, 5.74) is 2.73. The smallest absolute Gasteiger partial charge is 0.337 e. The normalized spacial score (nSPS) is 17.0. The Morgan fingerprint density at radius 2 is 2.09 bits per heavy atom. The molecule has 1 aliphatic heterocycles. The molecule has 1 aromatic carbocycles. The van der Waals surface area contributed by atoms with Gasteiger partial charge in [-0.15, -0.1) is 4.98 Å². The molecule has 0 amide bonds. The van der Waals surface area contributed by atoms with Crippen molar-refractivity contribution in [1.82, 2.24) is 14.5 Å². The van der Waals surface area contributed by atoms with Crippen LogP contribution in [0.5, 0.6) is 0 Å². The third kappa shape index (κ3) is 4.23. The van der Waals surface area contributed by atoms with Gasteiger partial charge in [0.2, 0.25) is 5.52 Å². The Balaban J connectivity index is 1.69. The summed E-state index contributed by atoms with van der Waals surface area (Å²) in [5, 5.41) is 9.86. The molecule has 1 unspecified atom stereocenters. The van der Waals surface area contributed by atoms with Gasteiger partial charge in [0.15, 0.2) is 0 Å². The van der Waals surface area contributed by atoms with E-state index in [9.17, 15) is 14.9 Å². The first-order valence-corrected chi connectivity index (χ1v) is 11.3. The Morgan fingerprint density at radius 3 is 2.74 bits per heavy atom. The molecule has 0 aliphatic carbocycles. The molecule has 3 heterocycles. The van der Waals surface area contributed by atoms with Crippen LogP contribution < -0.4 is 10.5 Å². The van der Waals surface area contributed by atoms with Crippen molar-refractivity contribution < 1.29 is 9.53 Å². The minimum atomic E-state index is -0.379. The van der Waals surface area contributed by atoms with E-state index >= 15 is 0 Å². The Labute approximate surface area is 203 Å². The molecule has 0 N–H and O–H groups in total. The number of carbonyl (C=O) groups is 1. The largest absolute Gasteiger partial charge is 0.465 e. The third-order valence-electron chi connectivity index (χ3n) is 6.71. The van der Waals surface area contributed by atoms with Crippen LogP contribution in [0.2, 0.25) is 0 Å². The van der Waals surface area contributed by atoms with Crippen molar-refractivity contribution >= 4 is 28.5 Å². The number of hydrogen-bond donors (Lipinski definition) is 0. The van der Waals surface area contributed by atoms with Crippen LogP contribution >= 0.6 is 0 Å². The second-order valence-electron chi connectivity index (χ2n) is 8.67. The number of pyridine rings is 2. The number of aromatic nitrogens is 2. The minimum absolute atomic E-state index is 0.0362. The fraction of sp³-hybridized carbons (Fsp3) is 0.346. The van der Waals surface area contributed by atoms with E-state index in [0.29, 0.717) is 41.9 Å². The van der Waals surface area contributed by atoms with Gasteiger partial charge in [-0.1, -0.05) is 18.7 Å². The lowest BCUT2D eigenvalue weighted by Gasteiger charge is -2.44. The van der Waals surface area contributed by atoms with E-state index in [-0.39, 0.29) is 35.0 Å². The molecule has 1 fully saturated rings. The zero-order valence-corrected chi connectivity index (χ0v) is 20.1. The average Bonchev–Trinajstić information content (AvgIpc) is 2.89. The topological polar surface area (TPSA) is 95.8 Å². The summed E-state index contributed by atoms with van der Waals surface area (Å²) in [6.45, 7) is 13.4. The number of anilines is 1. The van der Waals surface area contributed by atoms with Crippen molar-refractivity contribution in [3.05, 3.63) is 74.9 Å². The molecule has 1 aliphatic rings. The zero-order valence-electron chi connectivity index (χ0n) is 20.1. The number of rotatable bonds is 4. The third-order valence-corrected chi connectivity index (χ3v) is 6.71. The number of benzene rings is 1. The van der Waals surface area contributed by atoms with E-state index in [0.717, 1.165) is 5.56 Å². The van der Waals surface area contributed by atoms with Crippen LogP contribution in [0.1, 0.15) is 41.4 Å². The van der Waals surface area contributed by atoms with E-state index < -0.39 is 0 Å². The van der Waals surface area contributed by atoms with Crippen molar-refractivity contribution in [2.45, 2.75) is 25.9 Å². The van der Waals surface area contributed by atoms with E-state index in [4.69, 9.17) is 11.3 Å². The van der Waals surface area contributed by atoms with Crippen LogP contribution in [-0.2, 0) is 11.8 Å². The van der Waals surface area contributed by atoms with Crippen LogP contribution in [0.25, 0.3) is 15.9 Å². The van der Waals surface area contributed by atoms with Crippen LogP contribution in [0, 0.1) is 17.9 Å². The molecule has 1 saturated heterocycles. The Hall–Kier alpha value is -4.21. The molecule has 0 saturated carbocycles. The number of methoxy groups -OCH3 is 1. The molecule has 9 heteroatoms. The van der Waals surface area contributed by atoms with Crippen molar-refractivity contribution in [2.24, 2.45) is 7.05 Å². The summed E-state index contributed by atoms with van der Waals surface area (Å²) in [5.74, 6) is -0.156. The molecule has 3 aromatic rings. The summed E-state index contributed by atoms with van der Waals surface area (Å²) in [6, 6.07) is 12.9. The standard InChI is InChI=1S/C26H26N6O3/c1-16-15-31(11-12-32(16)17(2)18-7-6-8-19(13-18)26(34)35-5)24-20(14-27)25(33)30(4)21-9-10-22(28-3)29-23(21)24/h6-10,13,16-17H,11-12,15H2,1-2,4-5H3/t16-,17?/m1/s1. The number of fused-ring (bicyclic) bond motifs is 1. The number of carbonyl (C=O) groups excluding carboxylic acids is 1. The lowest BCUT2D eigenvalue weighted by atomic mass is 10.0. The average molecular weight is 471 g/mol. The summed E-state index contributed by atoms with van der Waals surface area (Å²) in [6.07, 6.45) is 0. The lowest BCUT2D eigenvalue weighted by molar-refractivity contribution is 0.0600. The van der Waals surface area contributed by atoms with E-state index in [2.05, 4.69) is 34.6 Å². The molecule has 0 radical (unpaired) electrons. The molecular formula is C26H26N6O3. The lowest BCUT2D eigenvalue weighted by Crippen LogP contribution is -2.53. The SMILES string of the molecule is [C-]#[N+]c1ccc2c(n1)c(N1CCN(C(C)c3cccc(C(=O)OC)c3)[C@H](C)C1)c(C#N)c(=O)n2C. The maximum Gasteiger partial charge on any atom is 0.337 e. The van der Waals surface area contributed by atoms with Gasteiger partial charge in [0.1, 0.15) is 17.3 Å². The predicted molar refractivity (Wildman–Crippen MR) is 133 cm³/mol. The van der Waals surface area contributed by atoms with Crippen LogP contribution in [-0.4, -0.2) is 53.2 Å². The first kappa shape index (κ1) is 23.9. The van der Waals surface area contributed by atoms with Gasteiger partial charge < -0.3 is 19.0 Å². The Bertz CT molecular complexity index is 1450. The molecule has 2 atom stereocenters. The fourth-order valence-electron chi connectivity index (χ4n) is 4.84. The molecule has 9 nitrogen and oxygen atoms in total. The van der Waals surface area contributed by atoms with Gasteiger partial charge in [0.05, 0.1) is 18.2 Å². The number of nitrogens with zero attached hydrogens (tertiary/aromatic N) is 6. The first-order valence-electron chi connectivity index (χ1n) is 11.3. The maximum atomic E-state index is 13.0. The van der Waals surface area contributed by atoms with Gasteiger partial charge in [-0.05, 0) is 43.7 Å². The van der Waals surface area contributed by atoms with Gasteiger partial charge >= 0.3 is 5.97 Å². The van der Waals surface area contributed by atoms with Crippen LogP contribution in [0.15, 0.2) is 41.2 Å². The highest BCUT2D eigenvalue weighted by molar-refractivity contribution is 5.93. The number of piperazine rings is 1. The zero-order chi connectivity index (χ0) is 25.3. The highest BCUT2D eigenvalue weighted by atomic mass is 16.5. The van der Waals surface area contributed by atoms with Gasteiger partial charge in [-0.3, -0.25) is 9.69 Å². The molecule has 0 spiro atoms. The van der Waals surface area contributed by atoms with Crippen LogP contribution in [0.3, 0.4) is 0 Å². The van der Waals surface area contributed by atoms with Gasteiger partial charge in [-0.2, -0.15) is 5.26 Å². The fourth-order valence-corrected chi connectivity index (χ4v) is 4.84.